The molecule has 0 aromatic heterocycles. The standard InChI is InChI=1S/C16H23F2N/c1-4-5-10-15-16(17,18)14-9-7-6-8-13(14)11-19(15)12(2)3/h6-9,12,15H,4-5,10-11H2,1-3H3. The van der Waals surface area contributed by atoms with Crippen LogP contribution in [0.5, 0.6) is 0 Å². The highest BCUT2D eigenvalue weighted by Crippen LogP contribution is 2.43. The van der Waals surface area contributed by atoms with Gasteiger partial charge < -0.3 is 0 Å². The highest BCUT2D eigenvalue weighted by Gasteiger charge is 2.49. The van der Waals surface area contributed by atoms with E-state index in [2.05, 4.69) is 6.92 Å². The number of rotatable bonds is 4. The molecule has 0 bridgehead atoms. The Morgan fingerprint density at radius 2 is 2.00 bits per heavy atom. The van der Waals surface area contributed by atoms with Crippen molar-refractivity contribution in [1.29, 1.82) is 0 Å². The summed E-state index contributed by atoms with van der Waals surface area (Å²) in [6.45, 7) is 6.69. The Kier molecular flexibility index (Phi) is 4.24. The molecule has 2 rings (SSSR count). The molecule has 0 spiro atoms. The van der Waals surface area contributed by atoms with Gasteiger partial charge in [-0.3, -0.25) is 4.90 Å². The Hall–Kier alpha value is -0.960. The van der Waals surface area contributed by atoms with Crippen LogP contribution in [0.1, 0.15) is 51.2 Å². The summed E-state index contributed by atoms with van der Waals surface area (Å²) in [5, 5.41) is 0. The van der Waals surface area contributed by atoms with E-state index in [1.165, 1.54) is 0 Å². The number of benzene rings is 1. The first-order valence-electron chi connectivity index (χ1n) is 7.20. The van der Waals surface area contributed by atoms with Crippen LogP contribution in [0.15, 0.2) is 24.3 Å². The zero-order valence-corrected chi connectivity index (χ0v) is 12.0. The third-order valence-electron chi connectivity index (χ3n) is 4.04. The summed E-state index contributed by atoms with van der Waals surface area (Å²) >= 11 is 0. The number of nitrogens with zero attached hydrogens (tertiary/aromatic N) is 1. The van der Waals surface area contributed by atoms with E-state index in [0.717, 1.165) is 18.4 Å². The van der Waals surface area contributed by atoms with Crippen LogP contribution in [0.25, 0.3) is 0 Å². The van der Waals surface area contributed by atoms with Gasteiger partial charge in [0.15, 0.2) is 0 Å². The van der Waals surface area contributed by atoms with E-state index < -0.39 is 12.0 Å². The molecule has 1 aliphatic rings. The normalized spacial score (nSPS) is 22.5. The first kappa shape index (κ1) is 14.4. The summed E-state index contributed by atoms with van der Waals surface area (Å²) in [6.07, 6.45) is 2.38. The molecular formula is C16H23F2N. The zero-order valence-electron chi connectivity index (χ0n) is 12.0. The van der Waals surface area contributed by atoms with Crippen LogP contribution < -0.4 is 0 Å². The molecule has 0 amide bonds. The molecule has 0 saturated heterocycles. The summed E-state index contributed by atoms with van der Waals surface area (Å²) in [7, 11) is 0. The molecule has 0 fully saturated rings. The van der Waals surface area contributed by atoms with Crippen LogP contribution in [0.4, 0.5) is 8.78 Å². The molecule has 19 heavy (non-hydrogen) atoms. The van der Waals surface area contributed by atoms with E-state index in [1.807, 2.05) is 30.9 Å². The van der Waals surface area contributed by atoms with Crippen molar-refractivity contribution >= 4 is 0 Å². The predicted molar refractivity (Wildman–Crippen MR) is 74.3 cm³/mol. The fourth-order valence-corrected chi connectivity index (χ4v) is 2.97. The number of unbranched alkanes of at least 4 members (excludes halogenated alkanes) is 1. The highest BCUT2D eigenvalue weighted by molar-refractivity contribution is 5.34. The van der Waals surface area contributed by atoms with Gasteiger partial charge in [0, 0.05) is 18.2 Å². The molecule has 1 unspecified atom stereocenters. The van der Waals surface area contributed by atoms with Crippen LogP contribution in [-0.4, -0.2) is 17.0 Å². The average Bonchev–Trinajstić information content (AvgIpc) is 2.37. The van der Waals surface area contributed by atoms with Gasteiger partial charge in [0.25, 0.3) is 5.92 Å². The summed E-state index contributed by atoms with van der Waals surface area (Å²) < 4.78 is 29.5. The molecular weight excluding hydrogens is 244 g/mol. The summed E-state index contributed by atoms with van der Waals surface area (Å²) in [5.41, 5.74) is 1.00. The van der Waals surface area contributed by atoms with Gasteiger partial charge >= 0.3 is 0 Å². The fourth-order valence-electron chi connectivity index (χ4n) is 2.97. The van der Waals surface area contributed by atoms with E-state index >= 15 is 0 Å². The molecule has 1 nitrogen and oxygen atoms in total. The molecule has 1 atom stereocenters. The lowest BCUT2D eigenvalue weighted by Crippen LogP contribution is -2.52. The van der Waals surface area contributed by atoms with Crippen LogP contribution in [0.3, 0.4) is 0 Å². The molecule has 0 radical (unpaired) electrons. The van der Waals surface area contributed by atoms with Crippen molar-refractivity contribution < 1.29 is 8.78 Å². The van der Waals surface area contributed by atoms with E-state index in [4.69, 9.17) is 0 Å². The predicted octanol–water partition coefficient (Wildman–Crippen LogP) is 4.56. The van der Waals surface area contributed by atoms with Crippen LogP contribution in [0, 0.1) is 0 Å². The van der Waals surface area contributed by atoms with Gasteiger partial charge in [-0.1, -0.05) is 44.0 Å². The van der Waals surface area contributed by atoms with Gasteiger partial charge in [-0.25, -0.2) is 0 Å². The van der Waals surface area contributed by atoms with Gasteiger partial charge in [0.05, 0.1) is 6.04 Å². The Balaban J connectivity index is 2.39. The highest BCUT2D eigenvalue weighted by atomic mass is 19.3. The van der Waals surface area contributed by atoms with Gasteiger partial charge in [-0.15, -0.1) is 0 Å². The van der Waals surface area contributed by atoms with Crippen molar-refractivity contribution in [3.05, 3.63) is 35.4 Å². The molecule has 1 aliphatic heterocycles. The minimum Gasteiger partial charge on any atom is -0.288 e. The minimum atomic E-state index is -2.74. The maximum absolute atomic E-state index is 14.8. The molecule has 0 aliphatic carbocycles. The monoisotopic (exact) mass is 267 g/mol. The van der Waals surface area contributed by atoms with E-state index in [0.29, 0.717) is 13.0 Å². The lowest BCUT2D eigenvalue weighted by atomic mass is 9.86. The number of hydrogen-bond acceptors (Lipinski definition) is 1. The zero-order chi connectivity index (χ0) is 14.0. The minimum absolute atomic E-state index is 0.140. The number of fused-ring (bicyclic) bond motifs is 1. The fraction of sp³-hybridized carbons (Fsp3) is 0.625. The second-order valence-electron chi connectivity index (χ2n) is 5.70. The van der Waals surface area contributed by atoms with Crippen molar-refractivity contribution in [3.63, 3.8) is 0 Å². The van der Waals surface area contributed by atoms with Crippen LogP contribution in [-0.2, 0) is 12.5 Å². The summed E-state index contributed by atoms with van der Waals surface area (Å²) in [6, 6.07) is 6.46. The average molecular weight is 267 g/mol. The molecule has 1 heterocycles. The molecule has 1 aromatic rings. The second-order valence-corrected chi connectivity index (χ2v) is 5.70. The third kappa shape index (κ3) is 2.66. The summed E-state index contributed by atoms with van der Waals surface area (Å²) in [5.74, 6) is -2.74. The van der Waals surface area contributed by atoms with E-state index in [-0.39, 0.29) is 11.6 Å². The first-order valence-corrected chi connectivity index (χ1v) is 7.20. The molecule has 0 saturated carbocycles. The molecule has 1 aromatic carbocycles. The van der Waals surface area contributed by atoms with Gasteiger partial charge in [0.2, 0.25) is 0 Å². The van der Waals surface area contributed by atoms with Crippen LogP contribution >= 0.6 is 0 Å². The Morgan fingerprint density at radius 1 is 1.32 bits per heavy atom. The lowest BCUT2D eigenvalue weighted by Gasteiger charge is -2.44. The largest absolute Gasteiger partial charge is 0.288 e. The quantitative estimate of drug-likeness (QED) is 0.773. The van der Waals surface area contributed by atoms with Crippen molar-refractivity contribution in [2.75, 3.05) is 0 Å². The van der Waals surface area contributed by atoms with Crippen molar-refractivity contribution in [3.8, 4) is 0 Å². The van der Waals surface area contributed by atoms with Gasteiger partial charge in [0.1, 0.15) is 0 Å². The van der Waals surface area contributed by atoms with Gasteiger partial charge in [-0.2, -0.15) is 8.78 Å². The van der Waals surface area contributed by atoms with Crippen molar-refractivity contribution in [2.45, 2.75) is 64.6 Å². The number of halogens is 2. The topological polar surface area (TPSA) is 3.24 Å². The lowest BCUT2D eigenvalue weighted by molar-refractivity contribution is -0.116. The third-order valence-corrected chi connectivity index (χ3v) is 4.04. The maximum atomic E-state index is 14.8. The summed E-state index contributed by atoms with van der Waals surface area (Å²) in [4.78, 5) is 1.96. The van der Waals surface area contributed by atoms with E-state index in [9.17, 15) is 8.78 Å². The van der Waals surface area contributed by atoms with Gasteiger partial charge in [-0.05, 0) is 25.8 Å². The van der Waals surface area contributed by atoms with E-state index in [1.54, 1.807) is 12.1 Å². The first-order chi connectivity index (χ1) is 8.98. The van der Waals surface area contributed by atoms with Crippen molar-refractivity contribution in [1.82, 2.24) is 4.90 Å². The van der Waals surface area contributed by atoms with Crippen LogP contribution in [0.2, 0.25) is 0 Å². The molecule has 0 N–H and O–H groups in total. The smallest absolute Gasteiger partial charge is 0.288 e. The Morgan fingerprint density at radius 3 is 2.63 bits per heavy atom. The second kappa shape index (κ2) is 5.58. The molecule has 3 heteroatoms. The number of hydrogen-bond donors (Lipinski definition) is 0. The molecule has 106 valence electrons. The van der Waals surface area contributed by atoms with Crippen molar-refractivity contribution in [2.24, 2.45) is 0 Å². The Labute approximate surface area is 114 Å². The SMILES string of the molecule is CCCCC1N(C(C)C)Cc2ccccc2C1(F)F. The maximum Gasteiger partial charge on any atom is 0.288 e. The Bertz CT molecular complexity index is 429. The number of alkyl halides is 2.